The number of fused-ring (bicyclic) bond motifs is 1. The molecular weight excluding hydrogens is 436 g/mol. The van der Waals surface area contributed by atoms with E-state index in [9.17, 15) is 4.79 Å². The number of thiazole rings is 1. The summed E-state index contributed by atoms with van der Waals surface area (Å²) in [5.74, 6) is 0.0130. The van der Waals surface area contributed by atoms with Gasteiger partial charge in [-0.25, -0.2) is 4.98 Å². The lowest BCUT2D eigenvalue weighted by Crippen LogP contribution is -2.30. The summed E-state index contributed by atoms with van der Waals surface area (Å²) in [5, 5.41) is 8.14. The molecule has 1 amide bonds. The first kappa shape index (κ1) is 20.8. The fourth-order valence-corrected chi connectivity index (χ4v) is 6.06. The van der Waals surface area contributed by atoms with E-state index in [-0.39, 0.29) is 11.3 Å². The van der Waals surface area contributed by atoms with Gasteiger partial charge in [-0.2, -0.15) is 0 Å². The van der Waals surface area contributed by atoms with Crippen molar-refractivity contribution < 1.29 is 4.79 Å². The van der Waals surface area contributed by atoms with E-state index in [0.717, 1.165) is 23.1 Å². The summed E-state index contributed by atoms with van der Waals surface area (Å²) < 4.78 is 0. The zero-order valence-corrected chi connectivity index (χ0v) is 19.7. The summed E-state index contributed by atoms with van der Waals surface area (Å²) in [6.07, 6.45) is 0.765. The molecule has 5 aromatic rings. The molecule has 166 valence electrons. The van der Waals surface area contributed by atoms with Gasteiger partial charge >= 0.3 is 0 Å². The Hall–Kier alpha value is -3.76. The van der Waals surface area contributed by atoms with E-state index >= 15 is 0 Å². The molecule has 1 aliphatic carbocycles. The lowest BCUT2D eigenvalue weighted by molar-refractivity contribution is -0.121. The van der Waals surface area contributed by atoms with Crippen LogP contribution >= 0.6 is 11.3 Å². The van der Waals surface area contributed by atoms with Gasteiger partial charge in [-0.1, -0.05) is 103 Å². The third kappa shape index (κ3) is 3.17. The number of benzene rings is 4. The summed E-state index contributed by atoms with van der Waals surface area (Å²) in [5.41, 5.74) is 3.42. The molecule has 0 aliphatic heterocycles. The van der Waals surface area contributed by atoms with Crippen LogP contribution in [0.1, 0.15) is 24.5 Å². The van der Waals surface area contributed by atoms with Crippen molar-refractivity contribution in [3.63, 3.8) is 0 Å². The van der Waals surface area contributed by atoms with Crippen molar-refractivity contribution in [3.05, 3.63) is 120 Å². The summed E-state index contributed by atoms with van der Waals surface area (Å²) in [4.78, 5) is 18.5. The third-order valence-electron chi connectivity index (χ3n) is 7.26. The van der Waals surface area contributed by atoms with Gasteiger partial charge in [0.2, 0.25) is 5.91 Å². The molecule has 1 N–H and O–H groups in total. The molecule has 1 aromatic heterocycles. The summed E-state index contributed by atoms with van der Waals surface area (Å²) in [6, 6.07) is 35.3. The summed E-state index contributed by atoms with van der Waals surface area (Å²) >= 11 is 1.47. The Morgan fingerprint density at radius 1 is 0.824 bits per heavy atom. The van der Waals surface area contributed by atoms with Gasteiger partial charge in [0.1, 0.15) is 0 Å². The quantitative estimate of drug-likeness (QED) is 0.299. The van der Waals surface area contributed by atoms with E-state index in [2.05, 4.69) is 66.8 Å². The van der Waals surface area contributed by atoms with Crippen molar-refractivity contribution in [2.24, 2.45) is 5.41 Å². The van der Waals surface area contributed by atoms with Gasteiger partial charge in [0, 0.05) is 16.4 Å². The van der Waals surface area contributed by atoms with Crippen molar-refractivity contribution in [2.45, 2.75) is 18.8 Å². The molecule has 1 atom stereocenters. The summed E-state index contributed by atoms with van der Waals surface area (Å²) in [7, 11) is 0. The molecule has 0 spiro atoms. The number of nitrogens with zero attached hydrogens (tertiary/aromatic N) is 1. The SMILES string of the molecule is CC1(C(=O)Nc2nc(-c3cccc4ccccc34)cs2)CC1(c1ccccc1)c1ccccc1. The van der Waals surface area contributed by atoms with Gasteiger partial charge in [-0.05, 0) is 35.2 Å². The maximum Gasteiger partial charge on any atom is 0.233 e. The number of aromatic nitrogens is 1. The van der Waals surface area contributed by atoms with E-state index in [0.29, 0.717) is 5.13 Å². The van der Waals surface area contributed by atoms with Gasteiger partial charge < -0.3 is 5.32 Å². The van der Waals surface area contributed by atoms with Crippen LogP contribution < -0.4 is 5.32 Å². The Labute approximate surface area is 203 Å². The van der Waals surface area contributed by atoms with Crippen molar-refractivity contribution in [1.29, 1.82) is 0 Å². The first-order valence-electron chi connectivity index (χ1n) is 11.5. The molecule has 1 heterocycles. The molecule has 34 heavy (non-hydrogen) atoms. The van der Waals surface area contributed by atoms with Gasteiger partial charge in [0.05, 0.1) is 11.1 Å². The topological polar surface area (TPSA) is 42.0 Å². The Morgan fingerprint density at radius 2 is 1.44 bits per heavy atom. The van der Waals surface area contributed by atoms with Gasteiger partial charge in [-0.3, -0.25) is 4.79 Å². The van der Waals surface area contributed by atoms with E-state index < -0.39 is 5.41 Å². The number of hydrogen-bond acceptors (Lipinski definition) is 3. The van der Waals surface area contributed by atoms with Crippen LogP contribution in [0.25, 0.3) is 22.0 Å². The van der Waals surface area contributed by atoms with E-state index in [1.807, 2.05) is 53.9 Å². The van der Waals surface area contributed by atoms with Gasteiger partial charge in [0.15, 0.2) is 5.13 Å². The zero-order valence-electron chi connectivity index (χ0n) is 18.9. The predicted molar refractivity (Wildman–Crippen MR) is 140 cm³/mol. The molecule has 3 nitrogen and oxygen atoms in total. The molecular formula is C30H24N2OS. The van der Waals surface area contributed by atoms with Crippen LogP contribution in [-0.4, -0.2) is 10.9 Å². The normalized spacial score (nSPS) is 18.5. The third-order valence-corrected chi connectivity index (χ3v) is 8.02. The maximum absolute atomic E-state index is 13.7. The maximum atomic E-state index is 13.7. The minimum absolute atomic E-state index is 0.0130. The highest BCUT2D eigenvalue weighted by Crippen LogP contribution is 2.68. The second kappa shape index (κ2) is 7.93. The Kier molecular flexibility index (Phi) is 4.85. The highest BCUT2D eigenvalue weighted by molar-refractivity contribution is 7.14. The highest BCUT2D eigenvalue weighted by atomic mass is 32.1. The first-order valence-corrected chi connectivity index (χ1v) is 12.4. The number of anilines is 1. The van der Waals surface area contributed by atoms with Crippen LogP contribution in [0.3, 0.4) is 0 Å². The molecule has 4 aromatic carbocycles. The van der Waals surface area contributed by atoms with Crippen LogP contribution in [0.5, 0.6) is 0 Å². The second-order valence-electron chi connectivity index (χ2n) is 9.16. The molecule has 4 heteroatoms. The lowest BCUT2D eigenvalue weighted by atomic mass is 9.80. The number of nitrogens with one attached hydrogen (secondary N) is 1. The minimum atomic E-state index is -0.555. The standard InChI is InChI=1S/C30H24N2OS/c1-29(20-30(29,22-13-4-2-5-14-22)23-15-6-3-7-16-23)27(33)32-28-31-26(19-34-28)25-18-10-12-21-11-8-9-17-24(21)25/h2-19H,20H2,1H3,(H,31,32,33). The zero-order chi connectivity index (χ0) is 23.2. The fourth-order valence-electron chi connectivity index (χ4n) is 5.35. The number of amides is 1. The molecule has 1 fully saturated rings. The Balaban J connectivity index is 1.32. The average Bonchev–Trinajstić information content (AvgIpc) is 3.30. The molecule has 1 unspecified atom stereocenters. The smallest absolute Gasteiger partial charge is 0.233 e. The number of carbonyl (C=O) groups excluding carboxylic acids is 1. The molecule has 0 bridgehead atoms. The molecule has 1 aliphatic rings. The highest BCUT2D eigenvalue weighted by Gasteiger charge is 2.70. The molecule has 0 saturated heterocycles. The van der Waals surface area contributed by atoms with E-state index in [1.165, 1.54) is 27.8 Å². The van der Waals surface area contributed by atoms with Crippen LogP contribution in [0.4, 0.5) is 5.13 Å². The van der Waals surface area contributed by atoms with Crippen LogP contribution in [0.15, 0.2) is 109 Å². The average molecular weight is 461 g/mol. The Morgan fingerprint density at radius 3 is 2.15 bits per heavy atom. The minimum Gasteiger partial charge on any atom is -0.301 e. The van der Waals surface area contributed by atoms with Crippen molar-refractivity contribution in [2.75, 3.05) is 5.32 Å². The van der Waals surface area contributed by atoms with Crippen molar-refractivity contribution in [1.82, 2.24) is 4.98 Å². The summed E-state index contributed by atoms with van der Waals surface area (Å²) in [6.45, 7) is 2.07. The number of carbonyl (C=O) groups is 1. The van der Waals surface area contributed by atoms with E-state index in [4.69, 9.17) is 4.98 Å². The predicted octanol–water partition coefficient (Wildman–Crippen LogP) is 7.30. The second-order valence-corrected chi connectivity index (χ2v) is 10.0. The van der Waals surface area contributed by atoms with Gasteiger partial charge in [-0.15, -0.1) is 11.3 Å². The largest absolute Gasteiger partial charge is 0.301 e. The van der Waals surface area contributed by atoms with Gasteiger partial charge in [0.25, 0.3) is 0 Å². The molecule has 1 saturated carbocycles. The van der Waals surface area contributed by atoms with Crippen molar-refractivity contribution >= 4 is 33.1 Å². The number of rotatable bonds is 5. The fraction of sp³-hybridized carbons (Fsp3) is 0.133. The van der Waals surface area contributed by atoms with Crippen LogP contribution in [0, 0.1) is 5.41 Å². The van der Waals surface area contributed by atoms with E-state index in [1.54, 1.807) is 0 Å². The number of hydrogen-bond donors (Lipinski definition) is 1. The molecule has 6 rings (SSSR count). The first-order chi connectivity index (χ1) is 16.6. The Bertz CT molecular complexity index is 1450. The molecule has 0 radical (unpaired) electrons. The van der Waals surface area contributed by atoms with Crippen LogP contribution in [0.2, 0.25) is 0 Å². The lowest BCUT2D eigenvalue weighted by Gasteiger charge is -2.23. The van der Waals surface area contributed by atoms with Crippen molar-refractivity contribution in [3.8, 4) is 11.3 Å². The monoisotopic (exact) mass is 460 g/mol. The van der Waals surface area contributed by atoms with Crippen LogP contribution in [-0.2, 0) is 10.2 Å².